The summed E-state index contributed by atoms with van der Waals surface area (Å²) >= 11 is 5.52. The molecule has 13 heteroatoms. The van der Waals surface area contributed by atoms with Gasteiger partial charge in [-0.3, -0.25) is 14.5 Å². The number of nitrogens with zero attached hydrogens (tertiary/aromatic N) is 5. The molecule has 0 radical (unpaired) electrons. The van der Waals surface area contributed by atoms with Gasteiger partial charge in [0.2, 0.25) is 0 Å². The number of carbonyl (C=O) groups is 2. The van der Waals surface area contributed by atoms with Crippen LogP contribution >= 0.6 is 12.2 Å². The van der Waals surface area contributed by atoms with Crippen LogP contribution in [0.25, 0.3) is 0 Å². The van der Waals surface area contributed by atoms with Gasteiger partial charge in [0, 0.05) is 45.5 Å². The standard InChI is InChI=1S/C31H36F4N6O2S/c1-30(2)28(43)40(22-9-8-21(20-36)25(18-22)31(33,34)35)29(44)41(30)23-10-11-24(26(32)19-23)27(42)38(3)14-6-4-5-7-15-39-16-12-37-13-17-39/h8-11,18-19,37H,4-7,12-17H2,1-3H3. The molecule has 2 aromatic carbocycles. The molecule has 4 rings (SSSR count). The number of nitrogens with one attached hydrogen (secondary N) is 1. The van der Waals surface area contributed by atoms with Crippen LogP contribution in [0.4, 0.5) is 28.9 Å². The second kappa shape index (κ2) is 13.6. The molecule has 0 bridgehead atoms. The third-order valence-corrected chi connectivity index (χ3v) is 8.44. The van der Waals surface area contributed by atoms with Crippen molar-refractivity contribution in [3.8, 4) is 6.07 Å². The smallest absolute Gasteiger partial charge is 0.342 e. The fourth-order valence-electron chi connectivity index (χ4n) is 5.56. The van der Waals surface area contributed by atoms with Gasteiger partial charge in [0.1, 0.15) is 11.4 Å². The van der Waals surface area contributed by atoms with Gasteiger partial charge in [-0.25, -0.2) is 4.39 Å². The Hall–Kier alpha value is -3.60. The van der Waals surface area contributed by atoms with Gasteiger partial charge in [-0.1, -0.05) is 12.8 Å². The molecule has 2 heterocycles. The average molecular weight is 633 g/mol. The molecule has 0 aromatic heterocycles. The lowest BCUT2D eigenvalue weighted by Gasteiger charge is -2.29. The molecule has 2 fully saturated rings. The molecule has 1 N–H and O–H groups in total. The number of piperazine rings is 1. The van der Waals surface area contributed by atoms with Crippen molar-refractivity contribution in [2.24, 2.45) is 0 Å². The molecule has 236 valence electrons. The van der Waals surface area contributed by atoms with Gasteiger partial charge in [0.15, 0.2) is 5.11 Å². The first kappa shape index (κ1) is 33.3. The number of benzene rings is 2. The van der Waals surface area contributed by atoms with Crippen molar-refractivity contribution >= 4 is 40.5 Å². The van der Waals surface area contributed by atoms with Gasteiger partial charge in [-0.15, -0.1) is 0 Å². The van der Waals surface area contributed by atoms with E-state index in [-0.39, 0.29) is 22.1 Å². The normalized spacial score (nSPS) is 17.2. The van der Waals surface area contributed by atoms with Crippen molar-refractivity contribution in [1.29, 1.82) is 5.26 Å². The highest BCUT2D eigenvalue weighted by atomic mass is 32.1. The highest BCUT2D eigenvalue weighted by Gasteiger charge is 2.51. The van der Waals surface area contributed by atoms with Gasteiger partial charge in [0.25, 0.3) is 11.8 Å². The number of nitriles is 1. The van der Waals surface area contributed by atoms with E-state index in [2.05, 4.69) is 10.2 Å². The topological polar surface area (TPSA) is 82.9 Å². The van der Waals surface area contributed by atoms with Crippen LogP contribution in [0.3, 0.4) is 0 Å². The van der Waals surface area contributed by atoms with E-state index >= 15 is 4.39 Å². The van der Waals surface area contributed by atoms with Crippen LogP contribution in [0.1, 0.15) is 61.0 Å². The largest absolute Gasteiger partial charge is 0.417 e. The molecular weight excluding hydrogens is 596 g/mol. The van der Waals surface area contributed by atoms with Crippen LogP contribution in [-0.2, 0) is 11.0 Å². The lowest BCUT2D eigenvalue weighted by atomic mass is 10.0. The van der Waals surface area contributed by atoms with Gasteiger partial charge >= 0.3 is 6.18 Å². The Kier molecular flexibility index (Phi) is 10.3. The highest BCUT2D eigenvalue weighted by molar-refractivity contribution is 7.81. The summed E-state index contributed by atoms with van der Waals surface area (Å²) in [5.74, 6) is -1.92. The zero-order valence-electron chi connectivity index (χ0n) is 25.0. The fraction of sp³-hybridized carbons (Fsp3) is 0.484. The Balaban J connectivity index is 1.43. The van der Waals surface area contributed by atoms with E-state index in [4.69, 9.17) is 17.5 Å². The Morgan fingerprint density at radius 1 is 1.07 bits per heavy atom. The summed E-state index contributed by atoms with van der Waals surface area (Å²) in [4.78, 5) is 32.7. The van der Waals surface area contributed by atoms with Crippen molar-refractivity contribution in [1.82, 2.24) is 15.1 Å². The van der Waals surface area contributed by atoms with Crippen molar-refractivity contribution in [2.75, 3.05) is 56.1 Å². The Labute approximate surface area is 260 Å². The van der Waals surface area contributed by atoms with E-state index < -0.39 is 40.5 Å². The summed E-state index contributed by atoms with van der Waals surface area (Å²) < 4.78 is 56.2. The van der Waals surface area contributed by atoms with E-state index in [9.17, 15) is 22.8 Å². The minimum Gasteiger partial charge on any atom is -0.342 e. The molecule has 0 saturated carbocycles. The molecule has 2 aliphatic rings. The molecule has 0 unspecified atom stereocenters. The van der Waals surface area contributed by atoms with Crippen LogP contribution in [-0.4, -0.2) is 78.6 Å². The zero-order valence-corrected chi connectivity index (χ0v) is 25.8. The Bertz CT molecular complexity index is 1450. The number of thiocarbonyl (C=S) groups is 1. The van der Waals surface area contributed by atoms with E-state index in [1.807, 2.05) is 0 Å². The Morgan fingerprint density at radius 3 is 2.36 bits per heavy atom. The molecule has 0 aliphatic carbocycles. The highest BCUT2D eigenvalue weighted by Crippen LogP contribution is 2.40. The quantitative estimate of drug-likeness (QED) is 0.220. The maximum atomic E-state index is 15.4. The van der Waals surface area contributed by atoms with Crippen molar-refractivity contribution in [3.05, 3.63) is 58.9 Å². The Morgan fingerprint density at radius 2 is 1.73 bits per heavy atom. The minimum absolute atomic E-state index is 0.136. The fourth-order valence-corrected chi connectivity index (χ4v) is 6.08. The first-order valence-electron chi connectivity index (χ1n) is 14.6. The molecule has 8 nitrogen and oxygen atoms in total. The van der Waals surface area contributed by atoms with Gasteiger partial charge < -0.3 is 20.0 Å². The number of hydrogen-bond acceptors (Lipinski definition) is 6. The number of carbonyl (C=O) groups excluding carboxylic acids is 2. The maximum Gasteiger partial charge on any atom is 0.417 e. The third kappa shape index (κ3) is 7.03. The van der Waals surface area contributed by atoms with Crippen LogP contribution in [0.5, 0.6) is 0 Å². The van der Waals surface area contributed by atoms with E-state index in [0.29, 0.717) is 12.6 Å². The summed E-state index contributed by atoms with van der Waals surface area (Å²) in [6, 6.07) is 8.29. The molecule has 2 amide bonds. The first-order valence-corrected chi connectivity index (χ1v) is 15.0. The van der Waals surface area contributed by atoms with E-state index in [1.54, 1.807) is 7.05 Å². The van der Waals surface area contributed by atoms with Gasteiger partial charge in [-0.2, -0.15) is 18.4 Å². The monoisotopic (exact) mass is 632 g/mol. The van der Waals surface area contributed by atoms with Crippen LogP contribution in [0.15, 0.2) is 36.4 Å². The van der Waals surface area contributed by atoms with Crippen LogP contribution in [0, 0.1) is 17.1 Å². The minimum atomic E-state index is -4.83. The number of hydrogen-bond donors (Lipinski definition) is 1. The number of alkyl halides is 3. The average Bonchev–Trinajstić information content (AvgIpc) is 3.16. The number of halogens is 4. The molecule has 2 aliphatic heterocycles. The molecule has 0 spiro atoms. The van der Waals surface area contributed by atoms with E-state index in [1.165, 1.54) is 47.9 Å². The lowest BCUT2D eigenvalue weighted by molar-refractivity contribution is -0.137. The second-order valence-corrected chi connectivity index (χ2v) is 11.9. The second-order valence-electron chi connectivity index (χ2n) is 11.6. The molecule has 2 aromatic rings. The molecule has 44 heavy (non-hydrogen) atoms. The molecule has 0 atom stereocenters. The predicted molar refractivity (Wildman–Crippen MR) is 164 cm³/mol. The summed E-state index contributed by atoms with van der Waals surface area (Å²) in [7, 11) is 1.62. The zero-order chi connectivity index (χ0) is 32.2. The molecule has 2 saturated heterocycles. The lowest BCUT2D eigenvalue weighted by Crippen LogP contribution is -2.44. The number of unbranched alkanes of at least 4 members (excludes halogenated alkanes) is 3. The number of rotatable bonds is 10. The van der Waals surface area contributed by atoms with Gasteiger partial charge in [-0.05, 0) is 81.8 Å². The third-order valence-electron chi connectivity index (χ3n) is 8.07. The van der Waals surface area contributed by atoms with Gasteiger partial charge in [0.05, 0.1) is 28.4 Å². The maximum absolute atomic E-state index is 15.4. The SMILES string of the molecule is CN(CCCCCCN1CCNCC1)C(=O)c1ccc(N2C(=S)N(c3ccc(C#N)c(C(F)(F)F)c3)C(=O)C2(C)C)cc1F. The summed E-state index contributed by atoms with van der Waals surface area (Å²) in [6.07, 6.45) is -0.929. The van der Waals surface area contributed by atoms with Crippen molar-refractivity contribution in [2.45, 2.75) is 51.2 Å². The number of amides is 2. The van der Waals surface area contributed by atoms with Crippen molar-refractivity contribution in [3.63, 3.8) is 0 Å². The predicted octanol–water partition coefficient (Wildman–Crippen LogP) is 5.17. The molecular formula is C31H36F4N6O2S. The van der Waals surface area contributed by atoms with Crippen LogP contribution in [0.2, 0.25) is 0 Å². The first-order chi connectivity index (χ1) is 20.8. The number of anilines is 2. The van der Waals surface area contributed by atoms with Crippen molar-refractivity contribution < 1.29 is 27.2 Å². The summed E-state index contributed by atoms with van der Waals surface area (Å²) in [5, 5.41) is 12.3. The van der Waals surface area contributed by atoms with Crippen LogP contribution < -0.4 is 15.1 Å². The van der Waals surface area contributed by atoms with E-state index in [0.717, 1.165) is 75.4 Å². The summed E-state index contributed by atoms with van der Waals surface area (Å²) in [6.45, 7) is 8.76. The summed E-state index contributed by atoms with van der Waals surface area (Å²) in [5.41, 5.74) is -3.31.